The first-order valence-corrected chi connectivity index (χ1v) is 10.7. The maximum absolute atomic E-state index is 13.2. The Balaban J connectivity index is 1.56. The second kappa shape index (κ2) is 9.12. The van der Waals surface area contributed by atoms with Crippen molar-refractivity contribution in [2.75, 3.05) is 13.1 Å². The van der Waals surface area contributed by atoms with Gasteiger partial charge >= 0.3 is 0 Å². The average molecular weight is 418 g/mol. The maximum Gasteiger partial charge on any atom is 0.293 e. The standard InChI is InChI=1S/C24H27N5O2/c1-17(2)25-23(30)19-13-15-28(16-14-19)24(31)21-26-22(18-9-5-3-6-10-18)29(27-21)20-11-7-4-8-12-20/h3-12,17,19H,13-16H2,1-2H3,(H,25,30). The van der Waals surface area contributed by atoms with Crippen LogP contribution in [0.25, 0.3) is 17.1 Å². The Morgan fingerprint density at radius 1 is 0.968 bits per heavy atom. The lowest BCUT2D eigenvalue weighted by molar-refractivity contribution is -0.126. The number of rotatable bonds is 5. The Morgan fingerprint density at radius 3 is 2.19 bits per heavy atom. The summed E-state index contributed by atoms with van der Waals surface area (Å²) >= 11 is 0. The van der Waals surface area contributed by atoms with Crippen molar-refractivity contribution in [1.29, 1.82) is 0 Å². The fourth-order valence-electron chi connectivity index (χ4n) is 3.81. The minimum Gasteiger partial charge on any atom is -0.354 e. The summed E-state index contributed by atoms with van der Waals surface area (Å²) in [5.41, 5.74) is 1.74. The molecule has 3 aromatic rings. The number of nitrogens with zero attached hydrogens (tertiary/aromatic N) is 4. The smallest absolute Gasteiger partial charge is 0.293 e. The number of aromatic nitrogens is 3. The lowest BCUT2D eigenvalue weighted by atomic mass is 9.95. The molecule has 1 aliphatic heterocycles. The minimum atomic E-state index is -0.199. The molecule has 2 amide bonds. The van der Waals surface area contributed by atoms with Crippen LogP contribution < -0.4 is 5.32 Å². The molecule has 2 aromatic carbocycles. The molecule has 0 spiro atoms. The van der Waals surface area contributed by atoms with Crippen molar-refractivity contribution < 1.29 is 9.59 Å². The number of carbonyl (C=O) groups excluding carboxylic acids is 2. The summed E-state index contributed by atoms with van der Waals surface area (Å²) in [6.07, 6.45) is 1.30. The highest BCUT2D eigenvalue weighted by Crippen LogP contribution is 2.23. The second-order valence-electron chi connectivity index (χ2n) is 8.10. The van der Waals surface area contributed by atoms with E-state index in [0.717, 1.165) is 11.3 Å². The summed E-state index contributed by atoms with van der Waals surface area (Å²) in [7, 11) is 0. The van der Waals surface area contributed by atoms with Crippen LogP contribution in [0.15, 0.2) is 60.7 Å². The summed E-state index contributed by atoms with van der Waals surface area (Å²) < 4.78 is 1.71. The van der Waals surface area contributed by atoms with Gasteiger partial charge in [0.1, 0.15) is 0 Å². The van der Waals surface area contributed by atoms with Crippen molar-refractivity contribution in [2.24, 2.45) is 5.92 Å². The van der Waals surface area contributed by atoms with Crippen LogP contribution in [-0.2, 0) is 4.79 Å². The predicted molar refractivity (Wildman–Crippen MR) is 119 cm³/mol. The summed E-state index contributed by atoms with van der Waals surface area (Å²) in [5.74, 6) is 0.616. The molecule has 0 radical (unpaired) electrons. The minimum absolute atomic E-state index is 0.0545. The van der Waals surface area contributed by atoms with Crippen LogP contribution in [0.5, 0.6) is 0 Å². The highest BCUT2D eigenvalue weighted by molar-refractivity contribution is 5.91. The molecule has 0 bridgehead atoms. The fourth-order valence-corrected chi connectivity index (χ4v) is 3.81. The molecule has 0 saturated carbocycles. The van der Waals surface area contributed by atoms with Crippen LogP contribution >= 0.6 is 0 Å². The van der Waals surface area contributed by atoms with E-state index in [0.29, 0.717) is 31.8 Å². The van der Waals surface area contributed by atoms with Gasteiger partial charge in [-0.3, -0.25) is 9.59 Å². The summed E-state index contributed by atoms with van der Waals surface area (Å²) in [5, 5.41) is 7.53. The first-order chi connectivity index (χ1) is 15.0. The lowest BCUT2D eigenvalue weighted by Gasteiger charge is -2.31. The van der Waals surface area contributed by atoms with Crippen molar-refractivity contribution in [1.82, 2.24) is 25.0 Å². The highest BCUT2D eigenvalue weighted by Gasteiger charge is 2.30. The third-order valence-corrected chi connectivity index (χ3v) is 5.42. The number of nitrogens with one attached hydrogen (secondary N) is 1. The first-order valence-electron chi connectivity index (χ1n) is 10.7. The number of piperidine rings is 1. The number of amides is 2. The Labute approximate surface area is 182 Å². The van der Waals surface area contributed by atoms with Gasteiger partial charge in [-0.1, -0.05) is 48.5 Å². The molecule has 0 aliphatic carbocycles. The Hall–Kier alpha value is -3.48. The normalized spacial score (nSPS) is 14.6. The molecule has 7 nitrogen and oxygen atoms in total. The van der Waals surface area contributed by atoms with E-state index >= 15 is 0 Å². The average Bonchev–Trinajstić information content (AvgIpc) is 3.25. The number of para-hydroxylation sites is 1. The van der Waals surface area contributed by atoms with Crippen molar-refractivity contribution in [3.8, 4) is 17.1 Å². The van der Waals surface area contributed by atoms with E-state index in [1.54, 1.807) is 9.58 Å². The molecule has 1 aliphatic rings. The number of hydrogen-bond acceptors (Lipinski definition) is 4. The highest BCUT2D eigenvalue weighted by atomic mass is 16.2. The molecule has 4 rings (SSSR count). The molecule has 1 saturated heterocycles. The molecule has 0 atom stereocenters. The Bertz CT molecular complexity index is 981. The van der Waals surface area contributed by atoms with Gasteiger partial charge in [0.05, 0.1) is 5.69 Å². The van der Waals surface area contributed by atoms with Crippen molar-refractivity contribution >= 4 is 11.8 Å². The zero-order valence-electron chi connectivity index (χ0n) is 17.9. The fraction of sp³-hybridized carbons (Fsp3) is 0.333. The van der Waals surface area contributed by atoms with Gasteiger partial charge in [-0.05, 0) is 38.8 Å². The van der Waals surface area contributed by atoms with Crippen LogP contribution in [0.3, 0.4) is 0 Å². The zero-order chi connectivity index (χ0) is 21.8. The quantitative estimate of drug-likeness (QED) is 0.691. The molecular formula is C24H27N5O2. The van der Waals surface area contributed by atoms with E-state index in [1.807, 2.05) is 74.5 Å². The zero-order valence-corrected chi connectivity index (χ0v) is 17.9. The van der Waals surface area contributed by atoms with Crippen LogP contribution in [0.2, 0.25) is 0 Å². The second-order valence-corrected chi connectivity index (χ2v) is 8.10. The lowest BCUT2D eigenvalue weighted by Crippen LogP contribution is -2.44. The maximum atomic E-state index is 13.2. The number of benzene rings is 2. The van der Waals surface area contributed by atoms with E-state index in [4.69, 9.17) is 0 Å². The molecule has 2 heterocycles. The van der Waals surface area contributed by atoms with E-state index in [9.17, 15) is 9.59 Å². The Morgan fingerprint density at radius 2 is 1.58 bits per heavy atom. The third-order valence-electron chi connectivity index (χ3n) is 5.42. The summed E-state index contributed by atoms with van der Waals surface area (Å²) in [6, 6.07) is 19.5. The first kappa shape index (κ1) is 20.8. The van der Waals surface area contributed by atoms with Crippen LogP contribution in [0.4, 0.5) is 0 Å². The molecule has 160 valence electrons. The molecular weight excluding hydrogens is 390 g/mol. The molecule has 0 unspecified atom stereocenters. The number of likely N-dealkylation sites (tertiary alicyclic amines) is 1. The van der Waals surface area contributed by atoms with Gasteiger partial charge in [-0.25, -0.2) is 9.67 Å². The monoisotopic (exact) mass is 417 g/mol. The molecule has 31 heavy (non-hydrogen) atoms. The third kappa shape index (κ3) is 4.66. The summed E-state index contributed by atoms with van der Waals surface area (Å²) in [4.78, 5) is 31.8. The summed E-state index contributed by atoms with van der Waals surface area (Å²) in [6.45, 7) is 4.95. The van der Waals surface area contributed by atoms with Crippen molar-refractivity contribution in [2.45, 2.75) is 32.7 Å². The van der Waals surface area contributed by atoms with Gasteiger partial charge < -0.3 is 10.2 Å². The molecule has 1 aromatic heterocycles. The number of carbonyl (C=O) groups is 2. The van der Waals surface area contributed by atoms with Crippen LogP contribution in [0.1, 0.15) is 37.3 Å². The molecule has 1 N–H and O–H groups in total. The van der Waals surface area contributed by atoms with E-state index in [2.05, 4.69) is 15.4 Å². The van der Waals surface area contributed by atoms with Gasteiger partial charge in [-0.15, -0.1) is 5.10 Å². The van der Waals surface area contributed by atoms with Gasteiger partial charge in [0, 0.05) is 30.6 Å². The molecule has 1 fully saturated rings. The van der Waals surface area contributed by atoms with Gasteiger partial charge in [0.25, 0.3) is 5.91 Å². The van der Waals surface area contributed by atoms with E-state index in [1.165, 1.54) is 0 Å². The van der Waals surface area contributed by atoms with Crippen molar-refractivity contribution in [3.05, 3.63) is 66.5 Å². The van der Waals surface area contributed by atoms with Crippen LogP contribution in [0, 0.1) is 5.92 Å². The number of hydrogen-bond donors (Lipinski definition) is 1. The van der Waals surface area contributed by atoms with Gasteiger partial charge in [0.2, 0.25) is 11.7 Å². The van der Waals surface area contributed by atoms with Crippen molar-refractivity contribution in [3.63, 3.8) is 0 Å². The largest absolute Gasteiger partial charge is 0.354 e. The van der Waals surface area contributed by atoms with E-state index in [-0.39, 0.29) is 29.6 Å². The predicted octanol–water partition coefficient (Wildman–Crippen LogP) is 3.31. The SMILES string of the molecule is CC(C)NC(=O)C1CCN(C(=O)c2nc(-c3ccccc3)n(-c3ccccc3)n2)CC1. The van der Waals surface area contributed by atoms with Crippen LogP contribution in [-0.4, -0.2) is 50.6 Å². The van der Waals surface area contributed by atoms with Gasteiger partial charge in [0.15, 0.2) is 5.82 Å². The molecule has 7 heteroatoms. The van der Waals surface area contributed by atoms with Gasteiger partial charge in [-0.2, -0.15) is 0 Å². The Kier molecular flexibility index (Phi) is 6.11. The van der Waals surface area contributed by atoms with E-state index < -0.39 is 0 Å². The topological polar surface area (TPSA) is 80.1 Å².